The zero-order valence-electron chi connectivity index (χ0n) is 33.3. The van der Waals surface area contributed by atoms with E-state index in [1.165, 1.54) is 81.3 Å². The van der Waals surface area contributed by atoms with E-state index in [9.17, 15) is 0 Å². The highest BCUT2D eigenvalue weighted by Gasteiger charge is 2.50. The summed E-state index contributed by atoms with van der Waals surface area (Å²) in [5.74, 6) is 0.304. The van der Waals surface area contributed by atoms with Crippen LogP contribution in [0.25, 0.3) is 71.9 Å². The summed E-state index contributed by atoms with van der Waals surface area (Å²) < 4.78 is 2.51. The van der Waals surface area contributed by atoms with Crippen molar-refractivity contribution in [3.05, 3.63) is 240 Å². The van der Waals surface area contributed by atoms with Gasteiger partial charge in [-0.3, -0.25) is 0 Å². The Hall–Kier alpha value is -7.20. The summed E-state index contributed by atoms with van der Waals surface area (Å²) >= 11 is 1.93. The lowest BCUT2D eigenvalue weighted by Gasteiger charge is -2.40. The number of hydrogen-bond donors (Lipinski definition) is 0. The van der Waals surface area contributed by atoms with Gasteiger partial charge in [0.05, 0.1) is 33.5 Å². The molecule has 0 saturated heterocycles. The van der Waals surface area contributed by atoms with Crippen LogP contribution in [-0.4, -0.2) is 9.55 Å². The Labute approximate surface area is 359 Å². The Bertz CT molecular complexity index is 3450. The Balaban J connectivity index is 1.06. The maximum Gasteiger partial charge on any atom is 0.0735 e. The number of para-hydroxylation sites is 1. The molecule has 1 spiro atoms. The molecule has 3 heterocycles. The molecule has 1 atom stereocenters. The molecule has 286 valence electrons. The van der Waals surface area contributed by atoms with Crippen LogP contribution >= 0.6 is 11.8 Å². The summed E-state index contributed by atoms with van der Waals surface area (Å²) in [7, 11) is 0. The first kappa shape index (κ1) is 34.6. The average molecular weight is 795 g/mol. The van der Waals surface area contributed by atoms with Gasteiger partial charge >= 0.3 is 0 Å². The molecule has 2 aromatic heterocycles. The number of pyridine rings is 1. The second-order valence-corrected chi connectivity index (χ2v) is 17.6. The Morgan fingerprint density at radius 3 is 1.97 bits per heavy atom. The van der Waals surface area contributed by atoms with Gasteiger partial charge in [-0.05, 0) is 87.1 Å². The minimum Gasteiger partial charge on any atom is -0.309 e. The lowest BCUT2D eigenvalue weighted by molar-refractivity contribution is 0.726. The quantitative estimate of drug-likeness (QED) is 0.177. The Morgan fingerprint density at radius 1 is 0.508 bits per heavy atom. The Morgan fingerprint density at radius 2 is 1.18 bits per heavy atom. The molecule has 3 heteroatoms. The van der Waals surface area contributed by atoms with Crippen LogP contribution < -0.4 is 0 Å². The molecule has 0 N–H and O–H groups in total. The van der Waals surface area contributed by atoms with Gasteiger partial charge in [-0.25, -0.2) is 4.98 Å². The summed E-state index contributed by atoms with van der Waals surface area (Å²) in [4.78, 5) is 8.04. The van der Waals surface area contributed by atoms with Gasteiger partial charge in [0, 0.05) is 43.0 Å². The van der Waals surface area contributed by atoms with Crippen LogP contribution in [0.15, 0.2) is 222 Å². The Kier molecular flexibility index (Phi) is 7.61. The van der Waals surface area contributed by atoms with E-state index in [0.29, 0.717) is 5.92 Å². The first-order chi connectivity index (χ1) is 30.3. The molecular formula is C58H38N2S. The van der Waals surface area contributed by atoms with Crippen molar-refractivity contribution in [3.8, 4) is 39.3 Å². The van der Waals surface area contributed by atoms with Crippen LogP contribution in [0.2, 0.25) is 0 Å². The van der Waals surface area contributed by atoms with E-state index in [4.69, 9.17) is 4.98 Å². The molecule has 0 bridgehead atoms. The van der Waals surface area contributed by atoms with Crippen molar-refractivity contribution in [3.63, 3.8) is 0 Å². The van der Waals surface area contributed by atoms with E-state index in [-0.39, 0.29) is 0 Å². The summed E-state index contributed by atoms with van der Waals surface area (Å²) in [6.45, 7) is 0. The first-order valence-electron chi connectivity index (χ1n) is 21.2. The zero-order valence-corrected chi connectivity index (χ0v) is 34.1. The third kappa shape index (κ3) is 4.96. The van der Waals surface area contributed by atoms with Gasteiger partial charge in [-0.1, -0.05) is 188 Å². The molecule has 61 heavy (non-hydrogen) atoms. The zero-order chi connectivity index (χ0) is 40.1. The van der Waals surface area contributed by atoms with Crippen LogP contribution in [0.1, 0.15) is 40.2 Å². The third-order valence-electron chi connectivity index (χ3n) is 13.4. The van der Waals surface area contributed by atoms with Crippen molar-refractivity contribution < 1.29 is 0 Å². The fourth-order valence-corrected chi connectivity index (χ4v) is 12.2. The van der Waals surface area contributed by atoms with Gasteiger partial charge in [0.15, 0.2) is 0 Å². The molecule has 8 aromatic carbocycles. The fraction of sp³-hybridized carbons (Fsp3) is 0.0517. The number of rotatable bonds is 4. The van der Waals surface area contributed by atoms with Crippen molar-refractivity contribution in [1.29, 1.82) is 0 Å². The van der Waals surface area contributed by atoms with Gasteiger partial charge in [0.1, 0.15) is 0 Å². The normalized spacial score (nSPS) is 15.6. The number of fused-ring (bicyclic) bond motifs is 14. The van der Waals surface area contributed by atoms with Gasteiger partial charge in [-0.15, -0.1) is 0 Å². The minimum atomic E-state index is -0.431. The summed E-state index contributed by atoms with van der Waals surface area (Å²) in [5.41, 5.74) is 16.8. The SMILES string of the molecule is C1=CCC(c2cc(-c3ccccc3)nc(-c3ccc(-n4c5ccccc5c5c6c(ccc54)C4(c5ccccc5S6)c5ccccc5-c5ccccc54)c4ccccc34)c2)C=C1. The van der Waals surface area contributed by atoms with Crippen molar-refractivity contribution in [2.45, 2.75) is 27.5 Å². The molecule has 0 amide bonds. The molecule has 2 nitrogen and oxygen atoms in total. The molecule has 10 aromatic rings. The van der Waals surface area contributed by atoms with Gasteiger partial charge in [0.2, 0.25) is 0 Å². The number of nitrogens with zero attached hydrogens (tertiary/aromatic N) is 2. The molecule has 0 saturated carbocycles. The number of allylic oxidation sites excluding steroid dienone is 4. The van der Waals surface area contributed by atoms with E-state index in [1.807, 2.05) is 11.8 Å². The van der Waals surface area contributed by atoms with Crippen LogP contribution in [-0.2, 0) is 5.41 Å². The molecule has 2 aliphatic carbocycles. The molecule has 1 unspecified atom stereocenters. The summed E-state index contributed by atoms with van der Waals surface area (Å²) in [6.07, 6.45) is 9.89. The standard InChI is InChI=1S/C58H38N2S/c1-3-17-37(18-4-1)39-35-50(38-19-5-2-6-20-38)59-51(36-39)43-31-33-53(44-24-8-7-21-40(43)44)60-52-29-15-11-25-45(52)56-54(60)34-32-49-57(56)61-55-30-16-14-28-48(55)58(49)46-26-12-9-22-41(46)42-23-10-13-27-47(42)58/h1-17,19-37H,18H2. The highest BCUT2D eigenvalue weighted by molar-refractivity contribution is 7.99. The van der Waals surface area contributed by atoms with E-state index in [2.05, 4.69) is 217 Å². The van der Waals surface area contributed by atoms with Crippen molar-refractivity contribution in [2.75, 3.05) is 0 Å². The lowest BCUT2D eigenvalue weighted by atomic mass is 9.67. The highest BCUT2D eigenvalue weighted by atomic mass is 32.2. The number of hydrogen-bond acceptors (Lipinski definition) is 2. The van der Waals surface area contributed by atoms with E-state index < -0.39 is 5.41 Å². The van der Waals surface area contributed by atoms with Crippen molar-refractivity contribution in [2.24, 2.45) is 0 Å². The second-order valence-electron chi connectivity index (χ2n) is 16.5. The number of benzene rings is 8. The maximum atomic E-state index is 5.39. The first-order valence-corrected chi connectivity index (χ1v) is 22.1. The van der Waals surface area contributed by atoms with Crippen LogP contribution in [0, 0.1) is 0 Å². The third-order valence-corrected chi connectivity index (χ3v) is 14.6. The van der Waals surface area contributed by atoms with E-state index in [0.717, 1.165) is 34.6 Å². The van der Waals surface area contributed by atoms with Gasteiger partial charge in [0.25, 0.3) is 0 Å². The van der Waals surface area contributed by atoms with Crippen LogP contribution in [0.3, 0.4) is 0 Å². The van der Waals surface area contributed by atoms with Gasteiger partial charge in [-0.2, -0.15) is 0 Å². The van der Waals surface area contributed by atoms with Crippen LogP contribution in [0.5, 0.6) is 0 Å². The second kappa shape index (κ2) is 13.4. The van der Waals surface area contributed by atoms with Crippen molar-refractivity contribution >= 4 is 44.3 Å². The minimum absolute atomic E-state index is 0.304. The monoisotopic (exact) mass is 794 g/mol. The van der Waals surface area contributed by atoms with Crippen molar-refractivity contribution in [1.82, 2.24) is 9.55 Å². The van der Waals surface area contributed by atoms with Gasteiger partial charge < -0.3 is 4.57 Å². The molecule has 0 radical (unpaired) electrons. The fourth-order valence-electron chi connectivity index (χ4n) is 10.8. The smallest absolute Gasteiger partial charge is 0.0735 e. The molecule has 13 rings (SSSR count). The molecule has 1 aliphatic heterocycles. The highest BCUT2D eigenvalue weighted by Crippen LogP contribution is 2.63. The summed E-state index contributed by atoms with van der Waals surface area (Å²) in [5, 5.41) is 4.95. The maximum absolute atomic E-state index is 5.39. The molecule has 0 fully saturated rings. The lowest BCUT2D eigenvalue weighted by Crippen LogP contribution is -2.32. The molecule has 3 aliphatic rings. The largest absolute Gasteiger partial charge is 0.309 e. The average Bonchev–Trinajstić information content (AvgIpc) is 3.83. The van der Waals surface area contributed by atoms with E-state index >= 15 is 0 Å². The predicted molar refractivity (Wildman–Crippen MR) is 254 cm³/mol. The van der Waals surface area contributed by atoms with E-state index in [1.54, 1.807) is 0 Å². The predicted octanol–water partition coefficient (Wildman–Crippen LogP) is 15.1. The molecular weight excluding hydrogens is 757 g/mol. The number of aromatic nitrogens is 2. The topological polar surface area (TPSA) is 17.8 Å². The van der Waals surface area contributed by atoms with Crippen LogP contribution in [0.4, 0.5) is 0 Å². The summed E-state index contributed by atoms with van der Waals surface area (Å²) in [6, 6.07) is 69.8.